The molecular formula is C26H30N4OS. The zero-order valence-electron chi connectivity index (χ0n) is 18.9. The van der Waals surface area contributed by atoms with E-state index in [1.165, 1.54) is 28.2 Å². The van der Waals surface area contributed by atoms with Crippen molar-refractivity contribution >= 4 is 17.3 Å². The van der Waals surface area contributed by atoms with Gasteiger partial charge in [-0.1, -0.05) is 23.8 Å². The van der Waals surface area contributed by atoms with Crippen LogP contribution >= 0.6 is 12.2 Å². The van der Waals surface area contributed by atoms with Gasteiger partial charge in [-0.25, -0.2) is 0 Å². The monoisotopic (exact) mass is 446 g/mol. The van der Waals surface area contributed by atoms with E-state index in [4.69, 9.17) is 17.0 Å². The van der Waals surface area contributed by atoms with Gasteiger partial charge in [-0.05, 0) is 81.7 Å². The lowest BCUT2D eigenvalue weighted by atomic mass is 9.96. The van der Waals surface area contributed by atoms with Crippen LogP contribution in [0.25, 0.3) is 5.69 Å². The predicted octanol–water partition coefficient (Wildman–Crippen LogP) is 4.95. The van der Waals surface area contributed by atoms with Gasteiger partial charge in [-0.15, -0.1) is 0 Å². The lowest BCUT2D eigenvalue weighted by Crippen LogP contribution is -2.36. The van der Waals surface area contributed by atoms with Crippen molar-refractivity contribution in [2.24, 2.45) is 0 Å². The predicted molar refractivity (Wildman–Crippen MR) is 131 cm³/mol. The van der Waals surface area contributed by atoms with Crippen molar-refractivity contribution in [2.45, 2.75) is 51.8 Å². The number of hydrogen-bond donors (Lipinski definition) is 1. The number of thiocarbonyl (C=S) groups is 1. The summed E-state index contributed by atoms with van der Waals surface area (Å²) in [5.74, 6) is 0. The maximum absolute atomic E-state index is 5.98. The Balaban J connectivity index is 1.58. The highest BCUT2D eigenvalue weighted by Crippen LogP contribution is 2.41. The third kappa shape index (κ3) is 3.82. The van der Waals surface area contributed by atoms with Gasteiger partial charge in [-0.3, -0.25) is 4.98 Å². The molecule has 0 spiro atoms. The van der Waals surface area contributed by atoms with Gasteiger partial charge in [0.25, 0.3) is 0 Å². The van der Waals surface area contributed by atoms with Gasteiger partial charge in [0.05, 0.1) is 23.9 Å². The number of aromatic nitrogens is 2. The average molecular weight is 447 g/mol. The maximum atomic E-state index is 5.98. The van der Waals surface area contributed by atoms with E-state index < -0.39 is 0 Å². The largest absolute Gasteiger partial charge is 0.376 e. The number of aryl methyl sites for hydroxylation is 2. The molecule has 2 aliphatic heterocycles. The number of nitrogens with one attached hydrogen (secondary N) is 1. The van der Waals surface area contributed by atoms with Crippen LogP contribution in [0.1, 0.15) is 53.1 Å². The first-order chi connectivity index (χ1) is 15.5. The first-order valence-corrected chi connectivity index (χ1v) is 11.8. The number of benzene rings is 1. The second-order valence-electron chi connectivity index (χ2n) is 8.91. The van der Waals surface area contributed by atoms with Crippen molar-refractivity contribution < 1.29 is 4.74 Å². The first-order valence-electron chi connectivity index (χ1n) is 11.4. The first kappa shape index (κ1) is 21.2. The molecular weight excluding hydrogens is 416 g/mol. The van der Waals surface area contributed by atoms with Gasteiger partial charge in [0, 0.05) is 36.4 Å². The minimum Gasteiger partial charge on any atom is -0.376 e. The van der Waals surface area contributed by atoms with Gasteiger partial charge in [0.15, 0.2) is 5.11 Å². The average Bonchev–Trinajstić information content (AvgIpc) is 3.49. The Morgan fingerprint density at radius 3 is 2.62 bits per heavy atom. The highest BCUT2D eigenvalue weighted by Gasteiger charge is 2.42. The summed E-state index contributed by atoms with van der Waals surface area (Å²) >= 11 is 5.84. The summed E-state index contributed by atoms with van der Waals surface area (Å²) in [5.41, 5.74) is 7.20. The molecule has 0 unspecified atom stereocenters. The zero-order valence-corrected chi connectivity index (χ0v) is 19.7. The van der Waals surface area contributed by atoms with Crippen LogP contribution < -0.4 is 5.32 Å². The summed E-state index contributed by atoms with van der Waals surface area (Å²) in [4.78, 5) is 7.00. The highest BCUT2D eigenvalue weighted by atomic mass is 32.1. The number of ether oxygens (including phenoxy) is 1. The number of nitrogens with zero attached hydrogens (tertiary/aromatic N) is 3. The number of pyridine rings is 1. The van der Waals surface area contributed by atoms with Crippen LogP contribution in [0.2, 0.25) is 0 Å². The molecule has 32 heavy (non-hydrogen) atoms. The third-order valence-corrected chi connectivity index (χ3v) is 7.06. The molecule has 5 rings (SSSR count). The van der Waals surface area contributed by atoms with Crippen molar-refractivity contribution in [1.29, 1.82) is 0 Å². The molecule has 0 bridgehead atoms. The quantitative estimate of drug-likeness (QED) is 0.562. The highest BCUT2D eigenvalue weighted by molar-refractivity contribution is 7.80. The lowest BCUT2D eigenvalue weighted by Gasteiger charge is -2.30. The summed E-state index contributed by atoms with van der Waals surface area (Å²) in [6.45, 7) is 8.15. The van der Waals surface area contributed by atoms with Crippen molar-refractivity contribution in [3.05, 3.63) is 82.9 Å². The Morgan fingerprint density at radius 2 is 1.94 bits per heavy atom. The summed E-state index contributed by atoms with van der Waals surface area (Å²) in [5, 5.41) is 4.35. The van der Waals surface area contributed by atoms with Gasteiger partial charge in [0.1, 0.15) is 0 Å². The Labute approximate surface area is 195 Å². The van der Waals surface area contributed by atoms with E-state index in [1.807, 2.05) is 18.3 Å². The third-order valence-electron chi connectivity index (χ3n) is 6.70. The second kappa shape index (κ2) is 8.68. The molecule has 0 radical (unpaired) electrons. The van der Waals surface area contributed by atoms with E-state index in [0.29, 0.717) is 0 Å². The van der Waals surface area contributed by atoms with Crippen LogP contribution in [0.15, 0.2) is 54.7 Å². The van der Waals surface area contributed by atoms with Crippen LogP contribution in [0.5, 0.6) is 0 Å². The molecule has 3 atom stereocenters. The molecule has 6 heteroatoms. The van der Waals surface area contributed by atoms with Crippen molar-refractivity contribution in [2.75, 3.05) is 13.2 Å². The lowest BCUT2D eigenvalue weighted by molar-refractivity contribution is 0.0842. The van der Waals surface area contributed by atoms with Crippen LogP contribution in [-0.4, -0.2) is 38.8 Å². The molecule has 0 aliphatic carbocycles. The fourth-order valence-electron chi connectivity index (χ4n) is 5.13. The molecule has 1 N–H and O–H groups in total. The normalized spacial score (nSPS) is 23.0. The molecule has 2 aromatic heterocycles. The smallest absolute Gasteiger partial charge is 0.170 e. The summed E-state index contributed by atoms with van der Waals surface area (Å²) < 4.78 is 8.32. The van der Waals surface area contributed by atoms with Crippen LogP contribution in [0.4, 0.5) is 0 Å². The van der Waals surface area contributed by atoms with Crippen LogP contribution in [0, 0.1) is 20.8 Å². The van der Waals surface area contributed by atoms with Crippen molar-refractivity contribution in [3.63, 3.8) is 0 Å². The Morgan fingerprint density at radius 1 is 1.12 bits per heavy atom. The minimum atomic E-state index is -0.00271. The van der Waals surface area contributed by atoms with Gasteiger partial charge < -0.3 is 19.5 Å². The van der Waals surface area contributed by atoms with E-state index in [9.17, 15) is 0 Å². The fourth-order valence-corrected chi connectivity index (χ4v) is 5.44. The van der Waals surface area contributed by atoms with E-state index in [2.05, 4.69) is 76.9 Å². The van der Waals surface area contributed by atoms with Gasteiger partial charge >= 0.3 is 0 Å². The Hall–Kier alpha value is -2.70. The fraction of sp³-hybridized carbons (Fsp3) is 0.385. The van der Waals surface area contributed by atoms with Crippen LogP contribution in [0.3, 0.4) is 0 Å². The summed E-state index contributed by atoms with van der Waals surface area (Å²) in [6.07, 6.45) is 4.28. The van der Waals surface area contributed by atoms with E-state index in [-0.39, 0.29) is 18.2 Å². The van der Waals surface area contributed by atoms with Crippen molar-refractivity contribution in [3.8, 4) is 5.69 Å². The molecule has 1 aromatic carbocycles. The molecule has 2 aliphatic rings. The molecule has 5 nitrogen and oxygen atoms in total. The molecule has 0 amide bonds. The topological polar surface area (TPSA) is 42.3 Å². The van der Waals surface area contributed by atoms with E-state index in [1.54, 1.807) is 0 Å². The number of hydrogen-bond acceptors (Lipinski definition) is 3. The molecule has 2 saturated heterocycles. The molecule has 0 saturated carbocycles. The minimum absolute atomic E-state index is 0.00271. The summed E-state index contributed by atoms with van der Waals surface area (Å²) in [6, 6.07) is 17.2. The maximum Gasteiger partial charge on any atom is 0.170 e. The number of rotatable bonds is 5. The van der Waals surface area contributed by atoms with E-state index in [0.717, 1.165) is 36.8 Å². The Kier molecular flexibility index (Phi) is 5.74. The van der Waals surface area contributed by atoms with Gasteiger partial charge in [0.2, 0.25) is 0 Å². The molecule has 166 valence electrons. The standard InChI is InChI=1S/C26H30N4OS/c1-17-9-11-20(12-10-17)30-18(2)15-22(19(30)3)25-24(23-8-4-5-13-27-23)28-26(32)29(25)16-21-7-6-14-31-21/h4-5,8-13,15,21,24-25H,6-7,14,16H2,1-3H3,(H,28,32)/t21-,24+,25-/m1/s1. The second-order valence-corrected chi connectivity index (χ2v) is 9.30. The van der Waals surface area contributed by atoms with Gasteiger partial charge in [-0.2, -0.15) is 0 Å². The SMILES string of the molecule is Cc1ccc(-n2c(C)cc([C@@H]3[C@H](c4ccccn4)NC(=S)N3C[C@H]3CCCO3)c2C)cc1. The van der Waals surface area contributed by atoms with Crippen LogP contribution in [-0.2, 0) is 4.74 Å². The zero-order chi connectivity index (χ0) is 22.2. The Bertz CT molecular complexity index is 1100. The van der Waals surface area contributed by atoms with E-state index >= 15 is 0 Å². The molecule has 4 heterocycles. The van der Waals surface area contributed by atoms with Crippen molar-refractivity contribution in [1.82, 2.24) is 19.8 Å². The molecule has 2 fully saturated rings. The summed E-state index contributed by atoms with van der Waals surface area (Å²) in [7, 11) is 0. The molecule has 3 aromatic rings.